The summed E-state index contributed by atoms with van der Waals surface area (Å²) in [7, 11) is 0. The normalized spacial score (nSPS) is 16.2. The smallest absolute Gasteiger partial charge is 0.0600 e. The van der Waals surface area contributed by atoms with Crippen molar-refractivity contribution in [1.29, 1.82) is 0 Å². The Morgan fingerprint density at radius 2 is 2.11 bits per heavy atom. The third-order valence-electron chi connectivity index (χ3n) is 4.05. The molecule has 0 radical (unpaired) electrons. The van der Waals surface area contributed by atoms with Gasteiger partial charge in [-0.25, -0.2) is 0 Å². The fourth-order valence-corrected chi connectivity index (χ4v) is 3.13. The Labute approximate surface area is 122 Å². The molecule has 0 unspecified atom stereocenters. The monoisotopic (exact) mass is 280 g/mol. The van der Waals surface area contributed by atoms with Gasteiger partial charge in [-0.3, -0.25) is 4.98 Å². The summed E-state index contributed by atoms with van der Waals surface area (Å²) >= 11 is 6.09. The molecule has 0 aliphatic heterocycles. The van der Waals surface area contributed by atoms with Crippen molar-refractivity contribution in [3.8, 4) is 0 Å². The maximum atomic E-state index is 6.09. The molecular weight excluding hydrogens is 256 g/mol. The Kier molecular flexibility index (Phi) is 5.50. The van der Waals surface area contributed by atoms with Gasteiger partial charge in [0, 0.05) is 24.7 Å². The Morgan fingerprint density at radius 1 is 1.37 bits per heavy atom. The molecule has 2 rings (SSSR count). The zero-order valence-electron chi connectivity index (χ0n) is 12.1. The molecule has 1 heterocycles. The van der Waals surface area contributed by atoms with Crippen LogP contribution >= 0.6 is 11.6 Å². The van der Waals surface area contributed by atoms with E-state index in [0.29, 0.717) is 11.9 Å². The van der Waals surface area contributed by atoms with Crippen molar-refractivity contribution in [2.24, 2.45) is 5.92 Å². The molecule has 2 nitrogen and oxygen atoms in total. The van der Waals surface area contributed by atoms with Crippen LogP contribution in [0.4, 0.5) is 5.69 Å². The molecule has 0 spiro atoms. The van der Waals surface area contributed by atoms with E-state index < -0.39 is 0 Å². The molecule has 0 N–H and O–H groups in total. The number of pyridine rings is 1. The third-order valence-corrected chi connectivity index (χ3v) is 4.34. The lowest BCUT2D eigenvalue weighted by Crippen LogP contribution is -2.35. The summed E-state index contributed by atoms with van der Waals surface area (Å²) < 4.78 is 0. The average Bonchev–Trinajstić information content (AvgIpc) is 2.93. The number of anilines is 1. The first-order valence-corrected chi connectivity index (χ1v) is 8.01. The molecule has 106 valence electrons. The first kappa shape index (κ1) is 14.6. The van der Waals surface area contributed by atoms with Crippen LogP contribution in [-0.4, -0.2) is 17.6 Å². The van der Waals surface area contributed by atoms with Crippen molar-refractivity contribution < 1.29 is 0 Å². The van der Waals surface area contributed by atoms with Gasteiger partial charge < -0.3 is 4.90 Å². The van der Waals surface area contributed by atoms with Crippen LogP contribution in [0, 0.1) is 5.92 Å². The minimum atomic E-state index is 0.572. The molecular formula is C16H25ClN2. The van der Waals surface area contributed by atoms with Crippen LogP contribution in [0.15, 0.2) is 18.5 Å². The molecule has 1 aliphatic rings. The summed E-state index contributed by atoms with van der Waals surface area (Å²) in [5.74, 6) is 1.31. The molecule has 1 aromatic rings. The molecule has 1 fully saturated rings. The minimum absolute atomic E-state index is 0.572. The Balaban J connectivity index is 2.19. The van der Waals surface area contributed by atoms with Crippen molar-refractivity contribution in [1.82, 2.24) is 4.98 Å². The van der Waals surface area contributed by atoms with Gasteiger partial charge in [0.15, 0.2) is 0 Å². The van der Waals surface area contributed by atoms with E-state index in [1.807, 2.05) is 12.4 Å². The highest BCUT2D eigenvalue weighted by Gasteiger charge is 2.24. The topological polar surface area (TPSA) is 16.1 Å². The Morgan fingerprint density at radius 3 is 2.74 bits per heavy atom. The lowest BCUT2D eigenvalue weighted by molar-refractivity contribution is 0.527. The van der Waals surface area contributed by atoms with Gasteiger partial charge in [0.25, 0.3) is 0 Å². The highest BCUT2D eigenvalue weighted by molar-refractivity contribution is 6.17. The molecule has 1 aromatic heterocycles. The summed E-state index contributed by atoms with van der Waals surface area (Å²) in [6.07, 6.45) is 10.4. The fraction of sp³-hybridized carbons (Fsp3) is 0.688. The second kappa shape index (κ2) is 7.14. The molecule has 0 aromatic carbocycles. The van der Waals surface area contributed by atoms with Crippen molar-refractivity contribution >= 4 is 17.3 Å². The molecule has 0 bridgehead atoms. The molecule has 1 saturated carbocycles. The van der Waals surface area contributed by atoms with Gasteiger partial charge in [-0.1, -0.05) is 26.7 Å². The van der Waals surface area contributed by atoms with E-state index in [9.17, 15) is 0 Å². The summed E-state index contributed by atoms with van der Waals surface area (Å²) in [5, 5.41) is 0. The van der Waals surface area contributed by atoms with E-state index in [-0.39, 0.29) is 0 Å². The number of alkyl halides is 1. The second-order valence-corrected chi connectivity index (χ2v) is 6.22. The van der Waals surface area contributed by atoms with Gasteiger partial charge in [-0.05, 0) is 36.8 Å². The van der Waals surface area contributed by atoms with E-state index in [1.165, 1.54) is 43.4 Å². The van der Waals surface area contributed by atoms with Gasteiger partial charge in [0.05, 0.1) is 11.9 Å². The van der Waals surface area contributed by atoms with Crippen LogP contribution in [0.25, 0.3) is 0 Å². The fourth-order valence-electron chi connectivity index (χ4n) is 2.90. The number of nitrogens with zero attached hydrogens (tertiary/aromatic N) is 2. The summed E-state index contributed by atoms with van der Waals surface area (Å²) in [4.78, 5) is 6.88. The van der Waals surface area contributed by atoms with E-state index in [2.05, 4.69) is 29.8 Å². The Hall–Kier alpha value is -0.760. The number of hydrogen-bond acceptors (Lipinski definition) is 2. The highest BCUT2D eigenvalue weighted by Crippen LogP contribution is 2.31. The molecule has 1 aliphatic carbocycles. The van der Waals surface area contributed by atoms with Gasteiger partial charge in [-0.15, -0.1) is 11.6 Å². The molecule has 0 atom stereocenters. The van der Waals surface area contributed by atoms with Crippen molar-refractivity contribution in [3.63, 3.8) is 0 Å². The maximum absolute atomic E-state index is 6.09. The molecule has 19 heavy (non-hydrogen) atoms. The zero-order valence-corrected chi connectivity index (χ0v) is 12.9. The lowest BCUT2D eigenvalue weighted by Gasteiger charge is -2.33. The highest BCUT2D eigenvalue weighted by atomic mass is 35.5. The second-order valence-electron chi connectivity index (χ2n) is 5.95. The predicted molar refractivity (Wildman–Crippen MR) is 82.9 cm³/mol. The summed E-state index contributed by atoms with van der Waals surface area (Å²) in [5.41, 5.74) is 2.47. The first-order valence-electron chi connectivity index (χ1n) is 7.48. The van der Waals surface area contributed by atoms with Gasteiger partial charge >= 0.3 is 0 Å². The largest absolute Gasteiger partial charge is 0.367 e. The van der Waals surface area contributed by atoms with Gasteiger partial charge in [-0.2, -0.15) is 0 Å². The Bertz CT molecular complexity index is 386. The number of hydrogen-bond donors (Lipinski definition) is 0. The van der Waals surface area contributed by atoms with Crippen LogP contribution in [-0.2, 0) is 5.88 Å². The van der Waals surface area contributed by atoms with E-state index in [4.69, 9.17) is 11.6 Å². The van der Waals surface area contributed by atoms with E-state index in [0.717, 1.165) is 12.5 Å². The summed E-state index contributed by atoms with van der Waals surface area (Å²) in [6, 6.07) is 2.74. The van der Waals surface area contributed by atoms with Crippen LogP contribution in [0.5, 0.6) is 0 Å². The van der Waals surface area contributed by atoms with Gasteiger partial charge in [0.2, 0.25) is 0 Å². The maximum Gasteiger partial charge on any atom is 0.0600 e. The van der Waals surface area contributed by atoms with Crippen molar-refractivity contribution in [2.75, 3.05) is 11.4 Å². The van der Waals surface area contributed by atoms with Crippen LogP contribution < -0.4 is 4.90 Å². The summed E-state index contributed by atoms with van der Waals surface area (Å²) in [6.45, 7) is 5.70. The van der Waals surface area contributed by atoms with E-state index in [1.54, 1.807) is 0 Å². The zero-order chi connectivity index (χ0) is 13.7. The SMILES string of the molecule is CC(C)CCN(c1cnccc1CCl)C1CCCC1. The number of aromatic nitrogens is 1. The quantitative estimate of drug-likeness (QED) is 0.707. The molecule has 0 amide bonds. The lowest BCUT2D eigenvalue weighted by atomic mass is 10.1. The van der Waals surface area contributed by atoms with Crippen molar-refractivity contribution in [3.05, 3.63) is 24.0 Å². The number of halogens is 1. The van der Waals surface area contributed by atoms with Crippen LogP contribution in [0.1, 0.15) is 51.5 Å². The molecule has 3 heteroatoms. The number of rotatable bonds is 6. The van der Waals surface area contributed by atoms with E-state index >= 15 is 0 Å². The third kappa shape index (κ3) is 3.85. The minimum Gasteiger partial charge on any atom is -0.367 e. The van der Waals surface area contributed by atoms with Crippen LogP contribution in [0.2, 0.25) is 0 Å². The standard InChI is InChI=1S/C16H25ClN2/c1-13(2)8-10-19(15-5-3-4-6-15)16-12-18-9-7-14(16)11-17/h7,9,12-13,15H,3-6,8,10-11H2,1-2H3. The van der Waals surface area contributed by atoms with Crippen molar-refractivity contribution in [2.45, 2.75) is 57.9 Å². The average molecular weight is 281 g/mol. The first-order chi connectivity index (χ1) is 9.22. The van der Waals surface area contributed by atoms with Crippen LogP contribution in [0.3, 0.4) is 0 Å². The predicted octanol–water partition coefficient (Wildman–Crippen LogP) is 4.62. The molecule has 0 saturated heterocycles. The van der Waals surface area contributed by atoms with Gasteiger partial charge in [0.1, 0.15) is 0 Å².